The van der Waals surface area contributed by atoms with Crippen molar-refractivity contribution in [3.63, 3.8) is 0 Å². The van der Waals surface area contributed by atoms with E-state index in [-0.39, 0.29) is 4.90 Å². The molecule has 0 bridgehead atoms. The highest BCUT2D eigenvalue weighted by Crippen LogP contribution is 2.32. The maximum absolute atomic E-state index is 12.2. The molecule has 0 saturated heterocycles. The number of nitrogens with zero attached hydrogens (tertiary/aromatic N) is 3. The Morgan fingerprint density at radius 3 is 2.57 bits per heavy atom. The van der Waals surface area contributed by atoms with Crippen molar-refractivity contribution in [1.29, 1.82) is 0 Å². The lowest BCUT2D eigenvalue weighted by molar-refractivity contribution is 0.581. The molecule has 0 radical (unpaired) electrons. The van der Waals surface area contributed by atoms with Crippen LogP contribution in [0.4, 0.5) is 5.82 Å². The number of benzene rings is 1. The standard InChI is InChI=1S/C19H23N5O2S2/c1-5-10-22-28(25,26)16-8-6-15(7-9-16)13(3)23-24-18-17-12(2)14(4)27-19(17)21-11-20-18/h6-9,11,22H,5,10H2,1-4H3,(H,20,21,24)/b23-13-. The van der Waals surface area contributed by atoms with Crippen LogP contribution in [0.1, 0.15) is 36.3 Å². The molecule has 2 heterocycles. The third kappa shape index (κ3) is 4.21. The number of rotatable bonds is 7. The summed E-state index contributed by atoms with van der Waals surface area (Å²) in [6.07, 6.45) is 2.27. The van der Waals surface area contributed by atoms with Gasteiger partial charge in [-0.1, -0.05) is 19.1 Å². The lowest BCUT2D eigenvalue weighted by atomic mass is 10.1. The van der Waals surface area contributed by atoms with Crippen molar-refractivity contribution in [3.05, 3.63) is 46.6 Å². The summed E-state index contributed by atoms with van der Waals surface area (Å²) in [7, 11) is -3.47. The molecule has 2 N–H and O–H groups in total. The molecule has 0 aliphatic carbocycles. The molecule has 9 heteroatoms. The monoisotopic (exact) mass is 417 g/mol. The third-order valence-electron chi connectivity index (χ3n) is 4.42. The number of hydrogen-bond acceptors (Lipinski definition) is 7. The first-order chi connectivity index (χ1) is 13.3. The van der Waals surface area contributed by atoms with Gasteiger partial charge in [-0.05, 0) is 50.5 Å². The maximum Gasteiger partial charge on any atom is 0.240 e. The molecular formula is C19H23N5O2S2. The van der Waals surface area contributed by atoms with Crippen molar-refractivity contribution in [2.45, 2.75) is 39.0 Å². The highest BCUT2D eigenvalue weighted by atomic mass is 32.2. The zero-order valence-electron chi connectivity index (χ0n) is 16.3. The largest absolute Gasteiger partial charge is 0.260 e. The Balaban J connectivity index is 1.81. The highest BCUT2D eigenvalue weighted by Gasteiger charge is 2.14. The molecule has 2 aromatic heterocycles. The van der Waals surface area contributed by atoms with Crippen LogP contribution in [0.25, 0.3) is 10.2 Å². The normalized spacial score (nSPS) is 12.5. The molecule has 0 spiro atoms. The highest BCUT2D eigenvalue weighted by molar-refractivity contribution is 7.89. The van der Waals surface area contributed by atoms with Crippen molar-refractivity contribution < 1.29 is 8.42 Å². The van der Waals surface area contributed by atoms with Gasteiger partial charge in [0, 0.05) is 11.4 Å². The van der Waals surface area contributed by atoms with Crippen LogP contribution in [0.15, 0.2) is 40.6 Å². The van der Waals surface area contributed by atoms with Crippen molar-refractivity contribution in [1.82, 2.24) is 14.7 Å². The molecular weight excluding hydrogens is 394 g/mol. The first-order valence-electron chi connectivity index (χ1n) is 8.94. The molecule has 1 aromatic carbocycles. The number of hydrogen-bond donors (Lipinski definition) is 2. The fourth-order valence-corrected chi connectivity index (χ4v) is 4.79. The van der Waals surface area contributed by atoms with Crippen LogP contribution < -0.4 is 10.1 Å². The van der Waals surface area contributed by atoms with Crippen LogP contribution in [0, 0.1) is 13.8 Å². The fourth-order valence-electron chi connectivity index (χ4n) is 2.66. The lowest BCUT2D eigenvalue weighted by Gasteiger charge is -2.07. The second kappa shape index (κ2) is 8.34. The molecule has 148 valence electrons. The Labute approximate surface area is 169 Å². The molecule has 28 heavy (non-hydrogen) atoms. The average molecular weight is 418 g/mol. The molecule has 3 rings (SSSR count). The van der Waals surface area contributed by atoms with Crippen molar-refractivity contribution >= 4 is 43.1 Å². The summed E-state index contributed by atoms with van der Waals surface area (Å²) in [6, 6.07) is 6.66. The van der Waals surface area contributed by atoms with Gasteiger partial charge >= 0.3 is 0 Å². The van der Waals surface area contributed by atoms with Gasteiger partial charge in [0.25, 0.3) is 0 Å². The minimum absolute atomic E-state index is 0.243. The summed E-state index contributed by atoms with van der Waals surface area (Å²) in [6.45, 7) is 8.30. The molecule has 0 unspecified atom stereocenters. The Bertz CT molecular complexity index is 1120. The zero-order chi connectivity index (χ0) is 20.3. The van der Waals surface area contributed by atoms with Gasteiger partial charge in [-0.3, -0.25) is 5.43 Å². The third-order valence-corrected chi connectivity index (χ3v) is 7.01. The van der Waals surface area contributed by atoms with Crippen LogP contribution in [0.3, 0.4) is 0 Å². The van der Waals surface area contributed by atoms with E-state index < -0.39 is 10.0 Å². The van der Waals surface area contributed by atoms with Crippen molar-refractivity contribution in [2.24, 2.45) is 5.10 Å². The molecule has 7 nitrogen and oxygen atoms in total. The van der Waals surface area contributed by atoms with Crippen LogP contribution >= 0.6 is 11.3 Å². The Morgan fingerprint density at radius 2 is 1.89 bits per heavy atom. The summed E-state index contributed by atoms with van der Waals surface area (Å²) >= 11 is 1.63. The van der Waals surface area contributed by atoms with E-state index in [1.807, 2.05) is 20.8 Å². The number of fused-ring (bicyclic) bond motifs is 1. The molecule has 0 aliphatic rings. The number of aryl methyl sites for hydroxylation is 2. The number of anilines is 1. The topological polar surface area (TPSA) is 96.3 Å². The van der Waals surface area contributed by atoms with Crippen LogP contribution in [-0.2, 0) is 10.0 Å². The van der Waals surface area contributed by atoms with E-state index >= 15 is 0 Å². The Morgan fingerprint density at radius 1 is 1.18 bits per heavy atom. The van der Waals surface area contributed by atoms with Gasteiger partial charge in [0.2, 0.25) is 10.0 Å². The molecule has 0 saturated carbocycles. The van der Waals surface area contributed by atoms with E-state index in [0.717, 1.165) is 33.5 Å². The number of aromatic nitrogens is 2. The number of sulfonamides is 1. The zero-order valence-corrected chi connectivity index (χ0v) is 17.9. The first-order valence-corrected chi connectivity index (χ1v) is 11.2. The summed E-state index contributed by atoms with van der Waals surface area (Å²) in [5.74, 6) is 0.661. The van der Waals surface area contributed by atoms with Crippen molar-refractivity contribution in [2.75, 3.05) is 12.0 Å². The summed E-state index contributed by atoms with van der Waals surface area (Å²) in [5, 5.41) is 5.40. The molecule has 0 amide bonds. The van der Waals surface area contributed by atoms with Gasteiger partial charge in [0.15, 0.2) is 5.82 Å². The van der Waals surface area contributed by atoms with Gasteiger partial charge in [-0.25, -0.2) is 23.1 Å². The van der Waals surface area contributed by atoms with Gasteiger partial charge in [0.1, 0.15) is 11.2 Å². The van der Waals surface area contributed by atoms with E-state index in [9.17, 15) is 8.42 Å². The first kappa shape index (κ1) is 20.4. The van der Waals surface area contributed by atoms with E-state index in [1.165, 1.54) is 11.2 Å². The van der Waals surface area contributed by atoms with Crippen LogP contribution in [0.2, 0.25) is 0 Å². The van der Waals surface area contributed by atoms with Crippen LogP contribution in [0.5, 0.6) is 0 Å². The Hall–Kier alpha value is -2.36. The number of thiophene rings is 1. The lowest BCUT2D eigenvalue weighted by Crippen LogP contribution is -2.24. The maximum atomic E-state index is 12.2. The molecule has 0 atom stereocenters. The van der Waals surface area contributed by atoms with Gasteiger partial charge in [0.05, 0.1) is 16.0 Å². The van der Waals surface area contributed by atoms with E-state index in [0.29, 0.717) is 12.4 Å². The molecule has 0 aliphatic heterocycles. The number of nitrogens with one attached hydrogen (secondary N) is 2. The minimum atomic E-state index is -3.47. The second-order valence-electron chi connectivity index (χ2n) is 6.42. The fraction of sp³-hybridized carbons (Fsp3) is 0.316. The quantitative estimate of drug-likeness (QED) is 0.450. The number of hydrazone groups is 1. The predicted molar refractivity (Wildman–Crippen MR) is 115 cm³/mol. The molecule has 0 fully saturated rings. The smallest absolute Gasteiger partial charge is 0.240 e. The SMILES string of the molecule is CCCNS(=O)(=O)c1ccc(/C(C)=N\Nc2ncnc3sc(C)c(C)c23)cc1. The van der Waals surface area contributed by atoms with E-state index in [1.54, 1.807) is 35.6 Å². The predicted octanol–water partition coefficient (Wildman–Crippen LogP) is 3.83. The average Bonchev–Trinajstić information content (AvgIpc) is 2.99. The van der Waals surface area contributed by atoms with E-state index in [4.69, 9.17) is 0 Å². The Kier molecular flexibility index (Phi) is 6.07. The summed E-state index contributed by atoms with van der Waals surface area (Å²) in [5.41, 5.74) is 5.72. The summed E-state index contributed by atoms with van der Waals surface area (Å²) < 4.78 is 26.9. The molecule has 3 aromatic rings. The summed E-state index contributed by atoms with van der Waals surface area (Å²) in [4.78, 5) is 11.0. The second-order valence-corrected chi connectivity index (χ2v) is 9.39. The van der Waals surface area contributed by atoms with Gasteiger partial charge in [-0.2, -0.15) is 5.10 Å². The van der Waals surface area contributed by atoms with Gasteiger partial charge in [-0.15, -0.1) is 11.3 Å². The van der Waals surface area contributed by atoms with E-state index in [2.05, 4.69) is 32.1 Å². The van der Waals surface area contributed by atoms with Crippen molar-refractivity contribution in [3.8, 4) is 0 Å². The van der Waals surface area contributed by atoms with Gasteiger partial charge < -0.3 is 0 Å². The minimum Gasteiger partial charge on any atom is -0.260 e. The van der Waals surface area contributed by atoms with Crippen LogP contribution in [-0.4, -0.2) is 30.6 Å².